The van der Waals surface area contributed by atoms with Crippen molar-refractivity contribution in [2.75, 3.05) is 20.1 Å². The highest BCUT2D eigenvalue weighted by atomic mass is 127. The van der Waals surface area contributed by atoms with Gasteiger partial charge in [-0.15, -0.1) is 0 Å². The van der Waals surface area contributed by atoms with Crippen LogP contribution >= 0.6 is 22.6 Å². The van der Waals surface area contributed by atoms with Crippen LogP contribution in [0, 0.1) is 0 Å². The lowest BCUT2D eigenvalue weighted by molar-refractivity contribution is -0.145. The third kappa shape index (κ3) is 4.80. The summed E-state index contributed by atoms with van der Waals surface area (Å²) in [6.45, 7) is 0.170. The van der Waals surface area contributed by atoms with Crippen LogP contribution in [0.3, 0.4) is 0 Å². The number of carbonyl (C=O) groups is 2. The molecule has 1 rings (SSSR count). The molecule has 1 fully saturated rings. The molecular weight excluding hydrogens is 324 g/mol. The SMILES string of the molecule is CN1CC(=O)OB(/C=C/C=C/I)OC(=O)C1. The Morgan fingerprint density at radius 2 is 1.81 bits per heavy atom. The molecule has 0 N–H and O–H groups in total. The van der Waals surface area contributed by atoms with Crippen molar-refractivity contribution in [2.24, 2.45) is 0 Å². The van der Waals surface area contributed by atoms with Crippen molar-refractivity contribution in [2.45, 2.75) is 0 Å². The van der Waals surface area contributed by atoms with Gasteiger partial charge in [0, 0.05) is 0 Å². The number of nitrogens with zero attached hydrogens (tertiary/aromatic N) is 1. The number of rotatable bonds is 2. The quantitative estimate of drug-likeness (QED) is 0.419. The van der Waals surface area contributed by atoms with E-state index >= 15 is 0 Å². The van der Waals surface area contributed by atoms with Gasteiger partial charge in [0.15, 0.2) is 0 Å². The molecule has 16 heavy (non-hydrogen) atoms. The molecule has 0 unspecified atom stereocenters. The van der Waals surface area contributed by atoms with Crippen molar-refractivity contribution in [1.82, 2.24) is 4.90 Å². The molecule has 1 aliphatic heterocycles. The van der Waals surface area contributed by atoms with E-state index in [0.717, 1.165) is 0 Å². The maximum atomic E-state index is 11.3. The van der Waals surface area contributed by atoms with Crippen molar-refractivity contribution in [3.63, 3.8) is 0 Å². The van der Waals surface area contributed by atoms with E-state index < -0.39 is 19.1 Å². The lowest BCUT2D eigenvalue weighted by Crippen LogP contribution is -2.41. The third-order valence-corrected chi connectivity index (χ3v) is 2.16. The molecule has 1 heterocycles. The number of hydrogen-bond donors (Lipinski definition) is 0. The predicted molar refractivity (Wildman–Crippen MR) is 67.7 cm³/mol. The van der Waals surface area contributed by atoms with Crippen LogP contribution in [0.2, 0.25) is 0 Å². The van der Waals surface area contributed by atoms with Crippen LogP contribution in [0.4, 0.5) is 0 Å². The highest BCUT2D eigenvalue weighted by molar-refractivity contribution is 14.1. The second kappa shape index (κ2) is 6.69. The average molecular weight is 335 g/mol. The van der Waals surface area contributed by atoms with Crippen LogP contribution in [0.1, 0.15) is 0 Å². The fourth-order valence-corrected chi connectivity index (χ4v) is 1.37. The Balaban J connectivity index is 2.63. The zero-order valence-corrected chi connectivity index (χ0v) is 10.9. The van der Waals surface area contributed by atoms with Crippen molar-refractivity contribution in [1.29, 1.82) is 0 Å². The maximum Gasteiger partial charge on any atom is 0.628 e. The van der Waals surface area contributed by atoms with Crippen LogP contribution in [-0.4, -0.2) is 44.1 Å². The van der Waals surface area contributed by atoms with Gasteiger partial charge in [-0.25, -0.2) is 0 Å². The second-order valence-electron chi connectivity index (χ2n) is 3.22. The minimum absolute atomic E-state index is 0.0849. The molecule has 1 saturated heterocycles. The topological polar surface area (TPSA) is 55.8 Å². The van der Waals surface area contributed by atoms with Gasteiger partial charge in [-0.05, 0) is 17.1 Å². The molecule has 0 radical (unpaired) electrons. The molecule has 0 aliphatic carbocycles. The number of allylic oxidation sites excluding steroid dienone is 2. The second-order valence-corrected chi connectivity index (χ2v) is 3.94. The molecule has 0 amide bonds. The predicted octanol–water partition coefficient (Wildman–Crippen LogP) is 0.550. The fourth-order valence-electron chi connectivity index (χ4n) is 1.13. The summed E-state index contributed by atoms with van der Waals surface area (Å²) in [5.74, 6) is 0.683. The Bertz CT molecular complexity index is 311. The summed E-state index contributed by atoms with van der Waals surface area (Å²) >= 11 is 2.05. The van der Waals surface area contributed by atoms with Crippen LogP contribution in [-0.2, 0) is 18.9 Å². The first-order chi connectivity index (χ1) is 7.61. The van der Waals surface area contributed by atoms with Gasteiger partial charge in [-0.1, -0.05) is 34.7 Å². The summed E-state index contributed by atoms with van der Waals surface area (Å²) in [7, 11) is 0.721. The Morgan fingerprint density at radius 3 is 2.31 bits per heavy atom. The molecule has 0 bridgehead atoms. The highest BCUT2D eigenvalue weighted by Crippen LogP contribution is 2.01. The van der Waals surface area contributed by atoms with E-state index in [-0.39, 0.29) is 13.1 Å². The van der Waals surface area contributed by atoms with Crippen LogP contribution in [0.5, 0.6) is 0 Å². The summed E-state index contributed by atoms with van der Waals surface area (Å²) in [5.41, 5.74) is 0. The van der Waals surface area contributed by atoms with E-state index in [9.17, 15) is 9.59 Å². The summed E-state index contributed by atoms with van der Waals surface area (Å²) in [6, 6.07) is 0. The van der Waals surface area contributed by atoms with Crippen molar-refractivity contribution in [3.05, 3.63) is 22.2 Å². The van der Waals surface area contributed by atoms with Crippen molar-refractivity contribution >= 4 is 41.6 Å². The summed E-state index contributed by atoms with van der Waals surface area (Å²) < 4.78 is 11.7. The summed E-state index contributed by atoms with van der Waals surface area (Å²) in [4.78, 5) is 24.1. The van der Waals surface area contributed by atoms with Gasteiger partial charge in [-0.2, -0.15) is 0 Å². The summed E-state index contributed by atoms with van der Waals surface area (Å²) in [6.07, 6.45) is 3.40. The molecule has 0 aromatic carbocycles. The van der Waals surface area contributed by atoms with Gasteiger partial charge in [0.1, 0.15) is 0 Å². The third-order valence-electron chi connectivity index (χ3n) is 1.75. The van der Waals surface area contributed by atoms with Crippen molar-refractivity contribution < 1.29 is 18.9 Å². The van der Waals surface area contributed by atoms with E-state index in [1.807, 2.05) is 0 Å². The largest absolute Gasteiger partial charge is 0.628 e. The monoisotopic (exact) mass is 335 g/mol. The number of carbonyl (C=O) groups excluding carboxylic acids is 2. The van der Waals surface area contributed by atoms with Crippen LogP contribution < -0.4 is 0 Å². The van der Waals surface area contributed by atoms with E-state index in [0.29, 0.717) is 0 Å². The minimum Gasteiger partial charge on any atom is -0.495 e. The molecule has 0 spiro atoms. The number of likely N-dealkylation sites (N-methyl/N-ethyl adjacent to an activating group) is 1. The molecule has 0 aromatic heterocycles. The standard InChI is InChI=1S/C9H11BINO4/c1-12-6-8(13)15-10(4-2-3-5-11)16-9(14)7-12/h2-5H,6-7H2,1H3/b4-2+,5-3+. The van der Waals surface area contributed by atoms with Gasteiger partial charge < -0.3 is 9.31 Å². The number of hydrogen-bond acceptors (Lipinski definition) is 5. The zero-order chi connectivity index (χ0) is 12.0. The van der Waals surface area contributed by atoms with Crippen LogP contribution in [0.25, 0.3) is 0 Å². The Labute approximate surface area is 108 Å². The Kier molecular flexibility index (Phi) is 5.54. The maximum absolute atomic E-state index is 11.3. The molecular formula is C9H11BINO4. The van der Waals surface area contributed by atoms with E-state index in [1.54, 1.807) is 23.3 Å². The molecule has 86 valence electrons. The molecule has 0 saturated carbocycles. The first-order valence-corrected chi connectivity index (χ1v) is 5.87. The molecule has 7 heteroatoms. The van der Waals surface area contributed by atoms with E-state index in [4.69, 9.17) is 9.31 Å². The summed E-state index contributed by atoms with van der Waals surface area (Å²) in [5, 5.41) is 0. The van der Waals surface area contributed by atoms with E-state index in [1.165, 1.54) is 10.9 Å². The van der Waals surface area contributed by atoms with Gasteiger partial charge in [-0.3, -0.25) is 14.5 Å². The van der Waals surface area contributed by atoms with Crippen LogP contribution in [0.15, 0.2) is 22.2 Å². The average Bonchev–Trinajstić information content (AvgIpc) is 2.14. The molecule has 0 aromatic rings. The van der Waals surface area contributed by atoms with Gasteiger partial charge in [0.2, 0.25) is 0 Å². The minimum atomic E-state index is -0.929. The lowest BCUT2D eigenvalue weighted by Gasteiger charge is -2.20. The smallest absolute Gasteiger partial charge is 0.495 e. The normalized spacial score (nSPS) is 19.8. The Morgan fingerprint density at radius 1 is 1.25 bits per heavy atom. The number of halogens is 1. The molecule has 5 nitrogen and oxygen atoms in total. The first kappa shape index (κ1) is 13.2. The first-order valence-electron chi connectivity index (χ1n) is 4.63. The van der Waals surface area contributed by atoms with Gasteiger partial charge in [0.05, 0.1) is 13.1 Å². The van der Waals surface area contributed by atoms with Gasteiger partial charge >= 0.3 is 19.1 Å². The lowest BCUT2D eigenvalue weighted by atomic mass is 9.89. The fraction of sp³-hybridized carbons (Fsp3) is 0.333. The van der Waals surface area contributed by atoms with Crippen molar-refractivity contribution in [3.8, 4) is 0 Å². The van der Waals surface area contributed by atoms with E-state index in [2.05, 4.69) is 22.6 Å². The molecule has 0 atom stereocenters. The zero-order valence-electron chi connectivity index (χ0n) is 8.76. The Hall–Kier alpha value is -0.825. The molecule has 1 aliphatic rings. The van der Waals surface area contributed by atoms with Gasteiger partial charge in [0.25, 0.3) is 0 Å². The highest BCUT2D eigenvalue weighted by Gasteiger charge is 2.28.